The smallest absolute Gasteiger partial charge is 0.128 e. The van der Waals surface area contributed by atoms with Gasteiger partial charge in [0.25, 0.3) is 0 Å². The molecule has 3 rings (SSSR count). The van der Waals surface area contributed by atoms with Crippen LogP contribution in [0.15, 0.2) is 41.1 Å². The second-order valence-electron chi connectivity index (χ2n) is 5.36. The van der Waals surface area contributed by atoms with Gasteiger partial charge in [-0.2, -0.15) is 0 Å². The molecule has 2 aromatic rings. The first kappa shape index (κ1) is 13.2. The topological polar surface area (TPSA) is 41.3 Å². The third-order valence-corrected chi connectivity index (χ3v) is 3.99. The summed E-state index contributed by atoms with van der Waals surface area (Å²) >= 11 is 0. The first-order valence-corrected chi connectivity index (χ1v) is 7.25. The molecule has 106 valence electrons. The normalized spacial score (nSPS) is 16.6. The van der Waals surface area contributed by atoms with Crippen molar-refractivity contribution >= 4 is 5.82 Å². The SMILES string of the molecule is Cc1ccoc1CNC1CCN(c2ccccn2)CC1. The van der Waals surface area contributed by atoms with Gasteiger partial charge in [-0.1, -0.05) is 6.07 Å². The van der Waals surface area contributed by atoms with E-state index in [2.05, 4.69) is 28.2 Å². The number of pyridine rings is 1. The van der Waals surface area contributed by atoms with Crippen LogP contribution in [0.4, 0.5) is 5.82 Å². The van der Waals surface area contributed by atoms with Crippen molar-refractivity contribution in [3.63, 3.8) is 0 Å². The maximum Gasteiger partial charge on any atom is 0.128 e. The molecule has 1 saturated heterocycles. The molecule has 0 aliphatic carbocycles. The summed E-state index contributed by atoms with van der Waals surface area (Å²) < 4.78 is 5.46. The molecular formula is C16H21N3O. The minimum atomic E-state index is 0.569. The van der Waals surface area contributed by atoms with Crippen molar-refractivity contribution in [1.82, 2.24) is 10.3 Å². The quantitative estimate of drug-likeness (QED) is 0.928. The summed E-state index contributed by atoms with van der Waals surface area (Å²) in [5.41, 5.74) is 1.23. The Balaban J connectivity index is 1.48. The maximum absolute atomic E-state index is 5.46. The van der Waals surface area contributed by atoms with E-state index in [1.165, 1.54) is 5.56 Å². The van der Waals surface area contributed by atoms with E-state index in [9.17, 15) is 0 Å². The number of hydrogen-bond acceptors (Lipinski definition) is 4. The van der Waals surface area contributed by atoms with Crippen LogP contribution < -0.4 is 10.2 Å². The van der Waals surface area contributed by atoms with Gasteiger partial charge in [-0.3, -0.25) is 0 Å². The van der Waals surface area contributed by atoms with Crippen LogP contribution in [0.25, 0.3) is 0 Å². The summed E-state index contributed by atoms with van der Waals surface area (Å²) in [5, 5.41) is 3.60. The van der Waals surface area contributed by atoms with Crippen molar-refractivity contribution in [2.24, 2.45) is 0 Å². The number of anilines is 1. The minimum Gasteiger partial charge on any atom is -0.468 e. The zero-order chi connectivity index (χ0) is 13.8. The zero-order valence-corrected chi connectivity index (χ0v) is 11.9. The van der Waals surface area contributed by atoms with E-state index >= 15 is 0 Å². The molecule has 0 bridgehead atoms. The summed E-state index contributed by atoms with van der Waals surface area (Å²) in [5.74, 6) is 2.14. The van der Waals surface area contributed by atoms with Crippen LogP contribution in [0.3, 0.4) is 0 Å². The summed E-state index contributed by atoms with van der Waals surface area (Å²) in [4.78, 5) is 6.77. The molecule has 0 atom stereocenters. The summed E-state index contributed by atoms with van der Waals surface area (Å²) in [7, 11) is 0. The van der Waals surface area contributed by atoms with Gasteiger partial charge < -0.3 is 14.6 Å². The van der Waals surface area contributed by atoms with Crippen molar-refractivity contribution in [3.8, 4) is 0 Å². The molecule has 0 radical (unpaired) electrons. The number of nitrogens with zero attached hydrogens (tertiary/aromatic N) is 2. The minimum absolute atomic E-state index is 0.569. The molecule has 4 nitrogen and oxygen atoms in total. The Morgan fingerprint density at radius 3 is 2.80 bits per heavy atom. The Labute approximate surface area is 119 Å². The van der Waals surface area contributed by atoms with Gasteiger partial charge in [0.05, 0.1) is 12.8 Å². The lowest BCUT2D eigenvalue weighted by atomic mass is 10.0. The average molecular weight is 271 g/mol. The van der Waals surface area contributed by atoms with Gasteiger partial charge in [0.2, 0.25) is 0 Å². The number of aromatic nitrogens is 1. The van der Waals surface area contributed by atoms with Gasteiger partial charge in [0, 0.05) is 25.3 Å². The third-order valence-electron chi connectivity index (χ3n) is 3.99. The number of furan rings is 1. The van der Waals surface area contributed by atoms with Crippen molar-refractivity contribution in [2.75, 3.05) is 18.0 Å². The Kier molecular flexibility index (Phi) is 4.02. The van der Waals surface area contributed by atoms with Crippen molar-refractivity contribution in [1.29, 1.82) is 0 Å². The van der Waals surface area contributed by atoms with Gasteiger partial charge in [-0.25, -0.2) is 4.98 Å². The maximum atomic E-state index is 5.46. The lowest BCUT2D eigenvalue weighted by Crippen LogP contribution is -2.42. The van der Waals surface area contributed by atoms with Crippen molar-refractivity contribution < 1.29 is 4.42 Å². The highest BCUT2D eigenvalue weighted by molar-refractivity contribution is 5.38. The fraction of sp³-hybridized carbons (Fsp3) is 0.438. The van der Waals surface area contributed by atoms with Crippen LogP contribution in [0.5, 0.6) is 0 Å². The lowest BCUT2D eigenvalue weighted by molar-refractivity contribution is 0.387. The summed E-state index contributed by atoms with van der Waals surface area (Å²) in [6.07, 6.45) is 5.92. The molecule has 0 unspecified atom stereocenters. The number of nitrogens with one attached hydrogen (secondary N) is 1. The first-order valence-electron chi connectivity index (χ1n) is 7.25. The fourth-order valence-corrected chi connectivity index (χ4v) is 2.68. The second-order valence-corrected chi connectivity index (χ2v) is 5.36. The highest BCUT2D eigenvalue weighted by atomic mass is 16.3. The Morgan fingerprint density at radius 1 is 1.30 bits per heavy atom. The van der Waals surface area contributed by atoms with E-state index in [-0.39, 0.29) is 0 Å². The Bertz CT molecular complexity index is 530. The van der Waals surface area contributed by atoms with E-state index in [1.54, 1.807) is 6.26 Å². The molecule has 1 aliphatic rings. The zero-order valence-electron chi connectivity index (χ0n) is 11.9. The second kappa shape index (κ2) is 6.09. The average Bonchev–Trinajstić information content (AvgIpc) is 2.92. The molecule has 0 amide bonds. The Morgan fingerprint density at radius 2 is 2.15 bits per heavy atom. The van der Waals surface area contributed by atoms with E-state index < -0.39 is 0 Å². The van der Waals surface area contributed by atoms with Gasteiger partial charge in [0.1, 0.15) is 11.6 Å². The van der Waals surface area contributed by atoms with Crippen LogP contribution in [-0.2, 0) is 6.54 Å². The van der Waals surface area contributed by atoms with Crippen molar-refractivity contribution in [3.05, 3.63) is 48.0 Å². The first-order chi connectivity index (χ1) is 9.83. The molecule has 0 spiro atoms. The van der Waals surface area contributed by atoms with Crippen LogP contribution in [0, 0.1) is 6.92 Å². The molecule has 1 fully saturated rings. The monoisotopic (exact) mass is 271 g/mol. The predicted octanol–water partition coefficient (Wildman–Crippen LogP) is 2.74. The molecule has 0 aromatic carbocycles. The molecule has 4 heteroatoms. The highest BCUT2D eigenvalue weighted by Crippen LogP contribution is 2.18. The number of rotatable bonds is 4. The molecule has 3 heterocycles. The van der Waals surface area contributed by atoms with Gasteiger partial charge in [-0.05, 0) is 43.5 Å². The summed E-state index contributed by atoms with van der Waals surface area (Å²) in [6, 6.07) is 8.68. The highest BCUT2D eigenvalue weighted by Gasteiger charge is 2.19. The standard InChI is InChI=1S/C16H21N3O/c1-13-7-11-20-15(13)12-18-14-5-9-19(10-6-14)16-4-2-3-8-17-16/h2-4,7-8,11,14,18H,5-6,9-10,12H2,1H3. The number of aryl methyl sites for hydroxylation is 1. The number of hydrogen-bond donors (Lipinski definition) is 1. The largest absolute Gasteiger partial charge is 0.468 e. The molecule has 20 heavy (non-hydrogen) atoms. The van der Waals surface area contributed by atoms with Crippen LogP contribution in [0.2, 0.25) is 0 Å². The molecule has 0 saturated carbocycles. The van der Waals surface area contributed by atoms with Crippen LogP contribution in [0.1, 0.15) is 24.2 Å². The molecule has 1 aliphatic heterocycles. The fourth-order valence-electron chi connectivity index (χ4n) is 2.68. The predicted molar refractivity (Wildman–Crippen MR) is 79.8 cm³/mol. The van der Waals surface area contributed by atoms with E-state index in [1.807, 2.05) is 24.4 Å². The van der Waals surface area contributed by atoms with Gasteiger partial charge in [0.15, 0.2) is 0 Å². The van der Waals surface area contributed by atoms with Crippen molar-refractivity contribution in [2.45, 2.75) is 32.4 Å². The Hall–Kier alpha value is -1.81. The number of piperidine rings is 1. The van der Waals surface area contributed by atoms with E-state index in [4.69, 9.17) is 4.42 Å². The van der Waals surface area contributed by atoms with Crippen LogP contribution in [-0.4, -0.2) is 24.1 Å². The van der Waals surface area contributed by atoms with Gasteiger partial charge in [-0.15, -0.1) is 0 Å². The third kappa shape index (κ3) is 3.02. The molecule has 1 N–H and O–H groups in total. The molecular weight excluding hydrogens is 250 g/mol. The van der Waals surface area contributed by atoms with Crippen LogP contribution >= 0.6 is 0 Å². The molecule has 2 aromatic heterocycles. The lowest BCUT2D eigenvalue weighted by Gasteiger charge is -2.33. The van der Waals surface area contributed by atoms with Gasteiger partial charge >= 0.3 is 0 Å². The summed E-state index contributed by atoms with van der Waals surface area (Å²) in [6.45, 7) is 5.04. The van der Waals surface area contributed by atoms with E-state index in [0.717, 1.165) is 44.1 Å². The van der Waals surface area contributed by atoms with E-state index in [0.29, 0.717) is 6.04 Å².